The molecule has 1 fully saturated rings. The third kappa shape index (κ3) is 5.28. The monoisotopic (exact) mass is 366 g/mol. The number of hydrogen-bond donors (Lipinski definition) is 1. The molecule has 0 saturated carbocycles. The number of piperidine rings is 1. The standard InChI is InChI=1S/C19H30N2O3S/c1-14(2)9-10-20-19(22)17-5-7-18(8-6-17)25(23,24)21-12-15(3)11-16(4)13-21/h5-8,14-16H,9-13H2,1-4H3,(H,20,22)/t15-,16-/m1/s1. The molecule has 1 N–H and O–H groups in total. The number of rotatable bonds is 6. The second-order valence-electron chi connectivity index (χ2n) is 7.73. The highest BCUT2D eigenvalue weighted by molar-refractivity contribution is 7.89. The molecule has 1 heterocycles. The molecule has 2 rings (SSSR count). The number of nitrogens with one attached hydrogen (secondary N) is 1. The van der Waals surface area contributed by atoms with Gasteiger partial charge in [0.15, 0.2) is 0 Å². The van der Waals surface area contributed by atoms with Crippen molar-refractivity contribution in [1.82, 2.24) is 9.62 Å². The summed E-state index contributed by atoms with van der Waals surface area (Å²) in [6, 6.07) is 6.26. The van der Waals surface area contributed by atoms with E-state index in [1.54, 1.807) is 16.4 Å². The average Bonchev–Trinajstić information content (AvgIpc) is 2.53. The first-order valence-electron chi connectivity index (χ1n) is 9.08. The number of benzene rings is 1. The van der Waals surface area contributed by atoms with Crippen molar-refractivity contribution >= 4 is 15.9 Å². The van der Waals surface area contributed by atoms with Gasteiger partial charge in [-0.05, 0) is 54.9 Å². The quantitative estimate of drug-likeness (QED) is 0.841. The highest BCUT2D eigenvalue weighted by Gasteiger charge is 2.31. The van der Waals surface area contributed by atoms with E-state index in [0.717, 1.165) is 12.8 Å². The molecule has 1 amide bonds. The van der Waals surface area contributed by atoms with Crippen LogP contribution in [0.4, 0.5) is 0 Å². The second-order valence-corrected chi connectivity index (χ2v) is 9.67. The Morgan fingerprint density at radius 2 is 1.72 bits per heavy atom. The Hall–Kier alpha value is -1.40. The molecule has 0 unspecified atom stereocenters. The highest BCUT2D eigenvalue weighted by atomic mass is 32.2. The summed E-state index contributed by atoms with van der Waals surface area (Å²) in [6.07, 6.45) is 1.98. The van der Waals surface area contributed by atoms with Crippen molar-refractivity contribution in [3.63, 3.8) is 0 Å². The van der Waals surface area contributed by atoms with E-state index in [0.29, 0.717) is 43.0 Å². The number of hydrogen-bond acceptors (Lipinski definition) is 3. The van der Waals surface area contributed by atoms with E-state index in [1.807, 2.05) is 0 Å². The number of sulfonamides is 1. The van der Waals surface area contributed by atoms with Crippen LogP contribution < -0.4 is 5.32 Å². The summed E-state index contributed by atoms with van der Waals surface area (Å²) in [5.41, 5.74) is 0.489. The van der Waals surface area contributed by atoms with Crippen molar-refractivity contribution in [2.45, 2.75) is 45.4 Å². The lowest BCUT2D eigenvalue weighted by molar-refractivity contribution is 0.0952. The summed E-state index contributed by atoms with van der Waals surface area (Å²) in [5.74, 6) is 1.10. The van der Waals surface area contributed by atoms with Gasteiger partial charge in [0.1, 0.15) is 0 Å². The molecular formula is C19H30N2O3S. The molecule has 0 radical (unpaired) electrons. The molecule has 1 aromatic rings. The van der Waals surface area contributed by atoms with Gasteiger partial charge in [0, 0.05) is 25.2 Å². The molecule has 1 saturated heterocycles. The number of carbonyl (C=O) groups is 1. The van der Waals surface area contributed by atoms with Crippen molar-refractivity contribution in [3.8, 4) is 0 Å². The maximum absolute atomic E-state index is 12.8. The van der Waals surface area contributed by atoms with Crippen molar-refractivity contribution in [2.75, 3.05) is 19.6 Å². The highest BCUT2D eigenvalue weighted by Crippen LogP contribution is 2.26. The minimum Gasteiger partial charge on any atom is -0.352 e. The summed E-state index contributed by atoms with van der Waals surface area (Å²) < 4.78 is 27.2. The molecule has 0 bridgehead atoms. The first-order valence-corrected chi connectivity index (χ1v) is 10.5. The van der Waals surface area contributed by atoms with Gasteiger partial charge in [0.05, 0.1) is 4.90 Å². The fraction of sp³-hybridized carbons (Fsp3) is 0.632. The Bertz CT molecular complexity index is 673. The van der Waals surface area contributed by atoms with E-state index in [4.69, 9.17) is 0 Å². The van der Waals surface area contributed by atoms with Gasteiger partial charge in [-0.15, -0.1) is 0 Å². The van der Waals surface area contributed by atoms with Crippen LogP contribution in [0, 0.1) is 17.8 Å². The van der Waals surface area contributed by atoms with Gasteiger partial charge < -0.3 is 5.32 Å². The van der Waals surface area contributed by atoms with Crippen LogP contribution in [0.3, 0.4) is 0 Å². The number of nitrogens with zero attached hydrogens (tertiary/aromatic N) is 1. The van der Waals surface area contributed by atoms with Crippen LogP contribution in [0.15, 0.2) is 29.2 Å². The van der Waals surface area contributed by atoms with E-state index in [9.17, 15) is 13.2 Å². The molecule has 0 aliphatic carbocycles. The van der Waals surface area contributed by atoms with Gasteiger partial charge in [-0.2, -0.15) is 4.31 Å². The lowest BCUT2D eigenvalue weighted by Gasteiger charge is -2.34. The number of carbonyl (C=O) groups excluding carboxylic acids is 1. The van der Waals surface area contributed by atoms with Crippen LogP contribution in [-0.4, -0.2) is 38.3 Å². The SMILES string of the molecule is CC(C)CCNC(=O)c1ccc(S(=O)(=O)N2C[C@H](C)C[C@@H](C)C2)cc1. The molecule has 2 atom stereocenters. The first-order chi connectivity index (χ1) is 11.7. The Morgan fingerprint density at radius 1 is 1.16 bits per heavy atom. The predicted octanol–water partition coefficient (Wildman–Crippen LogP) is 3.13. The van der Waals surface area contributed by atoms with E-state index in [2.05, 4.69) is 33.0 Å². The summed E-state index contributed by atoms with van der Waals surface area (Å²) in [5, 5.41) is 2.86. The van der Waals surface area contributed by atoms with Crippen LogP contribution >= 0.6 is 0 Å². The van der Waals surface area contributed by atoms with Crippen molar-refractivity contribution in [1.29, 1.82) is 0 Å². The van der Waals surface area contributed by atoms with Crippen LogP contribution in [0.1, 0.15) is 50.9 Å². The summed E-state index contributed by atoms with van der Waals surface area (Å²) >= 11 is 0. The molecule has 0 aromatic heterocycles. The van der Waals surface area contributed by atoms with Crippen LogP contribution in [0.25, 0.3) is 0 Å². The first kappa shape index (κ1) is 19.9. The largest absolute Gasteiger partial charge is 0.352 e. The van der Waals surface area contributed by atoms with Crippen molar-refractivity contribution in [3.05, 3.63) is 29.8 Å². The zero-order valence-corrected chi connectivity index (χ0v) is 16.5. The Labute approximate surface area is 151 Å². The van der Waals surface area contributed by atoms with Gasteiger partial charge in [0.25, 0.3) is 5.91 Å². The lowest BCUT2D eigenvalue weighted by Crippen LogP contribution is -2.42. The van der Waals surface area contributed by atoms with Gasteiger partial charge in [-0.3, -0.25) is 4.79 Å². The van der Waals surface area contributed by atoms with E-state index in [-0.39, 0.29) is 10.8 Å². The van der Waals surface area contributed by atoms with Crippen molar-refractivity contribution < 1.29 is 13.2 Å². The smallest absolute Gasteiger partial charge is 0.251 e. The zero-order valence-electron chi connectivity index (χ0n) is 15.7. The van der Waals surface area contributed by atoms with Gasteiger partial charge >= 0.3 is 0 Å². The topological polar surface area (TPSA) is 66.5 Å². The fourth-order valence-corrected chi connectivity index (χ4v) is 4.99. The van der Waals surface area contributed by atoms with Gasteiger partial charge in [-0.25, -0.2) is 8.42 Å². The maximum Gasteiger partial charge on any atom is 0.251 e. The molecule has 140 valence electrons. The van der Waals surface area contributed by atoms with Crippen LogP contribution in [0.5, 0.6) is 0 Å². The van der Waals surface area contributed by atoms with Crippen molar-refractivity contribution in [2.24, 2.45) is 17.8 Å². The lowest BCUT2D eigenvalue weighted by atomic mass is 9.94. The molecular weight excluding hydrogens is 336 g/mol. The minimum atomic E-state index is -3.50. The van der Waals surface area contributed by atoms with E-state index >= 15 is 0 Å². The Morgan fingerprint density at radius 3 is 2.24 bits per heavy atom. The molecule has 1 aromatic carbocycles. The minimum absolute atomic E-state index is 0.162. The summed E-state index contributed by atoms with van der Waals surface area (Å²) in [6.45, 7) is 10.1. The van der Waals surface area contributed by atoms with E-state index in [1.165, 1.54) is 12.1 Å². The molecule has 1 aliphatic rings. The normalized spacial score (nSPS) is 22.1. The van der Waals surface area contributed by atoms with Gasteiger partial charge in [-0.1, -0.05) is 27.7 Å². The molecule has 1 aliphatic heterocycles. The third-order valence-electron chi connectivity index (χ3n) is 4.60. The molecule has 25 heavy (non-hydrogen) atoms. The Balaban J connectivity index is 2.06. The predicted molar refractivity (Wildman–Crippen MR) is 99.9 cm³/mol. The Kier molecular flexibility index (Phi) is 6.63. The zero-order chi connectivity index (χ0) is 18.6. The third-order valence-corrected chi connectivity index (χ3v) is 6.44. The fourth-order valence-electron chi connectivity index (χ4n) is 3.31. The summed E-state index contributed by atoms with van der Waals surface area (Å²) in [7, 11) is -3.50. The maximum atomic E-state index is 12.8. The average molecular weight is 367 g/mol. The number of amides is 1. The molecule has 6 heteroatoms. The van der Waals surface area contributed by atoms with E-state index < -0.39 is 10.0 Å². The molecule has 5 nitrogen and oxygen atoms in total. The summed E-state index contributed by atoms with van der Waals surface area (Å²) in [4.78, 5) is 12.4. The second kappa shape index (κ2) is 8.32. The molecule has 0 spiro atoms. The van der Waals surface area contributed by atoms with Crippen LogP contribution in [0.2, 0.25) is 0 Å². The van der Waals surface area contributed by atoms with Crippen LogP contribution in [-0.2, 0) is 10.0 Å². The van der Waals surface area contributed by atoms with Gasteiger partial charge in [0.2, 0.25) is 10.0 Å².